The minimum Gasteiger partial charge on any atom is -0.305 e. The molecule has 1 heterocycles. The molecule has 0 aromatic rings. The van der Waals surface area contributed by atoms with Crippen molar-refractivity contribution < 1.29 is 9.59 Å². The molecule has 0 aliphatic carbocycles. The molecule has 1 rings (SSSR count). The van der Waals surface area contributed by atoms with Crippen molar-refractivity contribution in [3.8, 4) is 0 Å². The topological polar surface area (TPSA) is 49.4 Å². The molecule has 0 aromatic carbocycles. The first-order valence-corrected chi connectivity index (χ1v) is 4.02. The zero-order valence-corrected chi connectivity index (χ0v) is 7.63. The Hall–Kier alpha value is -0.900. The molecule has 2 unspecified atom stereocenters. The van der Waals surface area contributed by atoms with Crippen LogP contribution in [0.15, 0.2) is 0 Å². The molecule has 4 nitrogen and oxygen atoms in total. The number of imide groups is 1. The number of carbonyl (C=O) groups is 2. The van der Waals surface area contributed by atoms with Crippen molar-refractivity contribution in [2.45, 2.75) is 19.4 Å². The van der Waals surface area contributed by atoms with E-state index < -0.39 is 0 Å². The quantitative estimate of drug-likeness (QED) is 0.545. The van der Waals surface area contributed by atoms with Crippen LogP contribution in [-0.2, 0) is 9.59 Å². The Morgan fingerprint density at radius 2 is 2.00 bits per heavy atom. The van der Waals surface area contributed by atoms with Crippen LogP contribution in [0.3, 0.4) is 0 Å². The Bertz CT molecular complexity index is 213. The van der Waals surface area contributed by atoms with Crippen LogP contribution < -0.4 is 5.32 Å². The fourth-order valence-corrected chi connectivity index (χ4v) is 1.47. The highest BCUT2D eigenvalue weighted by molar-refractivity contribution is 5.99. The number of rotatable bonds is 1. The smallest absolute Gasteiger partial charge is 0.230 e. The van der Waals surface area contributed by atoms with Gasteiger partial charge in [-0.2, -0.15) is 0 Å². The van der Waals surface area contributed by atoms with Crippen LogP contribution in [0.1, 0.15) is 13.3 Å². The van der Waals surface area contributed by atoms with E-state index in [2.05, 4.69) is 5.32 Å². The van der Waals surface area contributed by atoms with E-state index in [9.17, 15) is 9.59 Å². The molecular formula is C8H14N2O2. The van der Waals surface area contributed by atoms with Crippen molar-refractivity contribution in [1.29, 1.82) is 0 Å². The van der Waals surface area contributed by atoms with Gasteiger partial charge in [-0.15, -0.1) is 0 Å². The third-order valence-electron chi connectivity index (χ3n) is 2.31. The molecule has 0 saturated carbocycles. The maximum atomic E-state index is 11.2. The lowest BCUT2D eigenvalue weighted by molar-refractivity contribution is -0.138. The van der Waals surface area contributed by atoms with Gasteiger partial charge in [0.2, 0.25) is 11.8 Å². The lowest BCUT2D eigenvalue weighted by Gasteiger charge is -2.32. The van der Waals surface area contributed by atoms with Gasteiger partial charge in [-0.05, 0) is 14.1 Å². The molecule has 1 fully saturated rings. The maximum Gasteiger partial charge on any atom is 0.230 e. The van der Waals surface area contributed by atoms with E-state index in [0.29, 0.717) is 6.42 Å². The molecule has 2 amide bonds. The molecule has 12 heavy (non-hydrogen) atoms. The molecule has 1 aliphatic heterocycles. The summed E-state index contributed by atoms with van der Waals surface area (Å²) in [6.45, 7) is 1.84. The normalized spacial score (nSPS) is 30.7. The van der Waals surface area contributed by atoms with Gasteiger partial charge in [0.25, 0.3) is 0 Å². The van der Waals surface area contributed by atoms with E-state index in [1.165, 1.54) is 0 Å². The highest BCUT2D eigenvalue weighted by Crippen LogP contribution is 2.16. The van der Waals surface area contributed by atoms with Crippen LogP contribution >= 0.6 is 0 Å². The third-order valence-corrected chi connectivity index (χ3v) is 2.31. The van der Waals surface area contributed by atoms with E-state index in [1.54, 1.807) is 0 Å². The average molecular weight is 170 g/mol. The predicted octanol–water partition coefficient (Wildman–Crippen LogP) is -0.401. The van der Waals surface area contributed by atoms with Crippen molar-refractivity contribution in [3.63, 3.8) is 0 Å². The van der Waals surface area contributed by atoms with Crippen LogP contribution in [0.25, 0.3) is 0 Å². The second-order valence-electron chi connectivity index (χ2n) is 3.44. The van der Waals surface area contributed by atoms with Crippen molar-refractivity contribution in [1.82, 2.24) is 10.2 Å². The van der Waals surface area contributed by atoms with Gasteiger partial charge in [0.1, 0.15) is 0 Å². The summed E-state index contributed by atoms with van der Waals surface area (Å²) in [7, 11) is 3.76. The molecule has 1 N–H and O–H groups in total. The highest BCUT2D eigenvalue weighted by atomic mass is 16.2. The summed E-state index contributed by atoms with van der Waals surface area (Å²) in [5, 5.41) is 2.31. The van der Waals surface area contributed by atoms with Gasteiger partial charge in [-0.1, -0.05) is 6.92 Å². The molecule has 68 valence electrons. The van der Waals surface area contributed by atoms with E-state index in [-0.39, 0.29) is 23.8 Å². The SMILES string of the molecule is CC1C(=O)NC(=O)CC1N(C)C. The molecule has 2 atom stereocenters. The minimum atomic E-state index is -0.170. The molecule has 0 bridgehead atoms. The lowest BCUT2D eigenvalue weighted by Crippen LogP contribution is -2.52. The molecule has 0 aromatic heterocycles. The minimum absolute atomic E-state index is 0.0475. The second-order valence-corrected chi connectivity index (χ2v) is 3.44. The molecular weight excluding hydrogens is 156 g/mol. The lowest BCUT2D eigenvalue weighted by atomic mass is 9.93. The summed E-state index contributed by atoms with van der Waals surface area (Å²) in [6.07, 6.45) is 0.417. The fraction of sp³-hybridized carbons (Fsp3) is 0.750. The Kier molecular flexibility index (Phi) is 2.47. The summed E-state index contributed by atoms with van der Waals surface area (Å²) in [4.78, 5) is 24.1. The van der Waals surface area contributed by atoms with Crippen LogP contribution in [0.4, 0.5) is 0 Å². The first kappa shape index (κ1) is 9.19. The second kappa shape index (κ2) is 3.23. The highest BCUT2D eigenvalue weighted by Gasteiger charge is 2.33. The number of hydrogen-bond acceptors (Lipinski definition) is 3. The molecule has 0 radical (unpaired) electrons. The van der Waals surface area contributed by atoms with Gasteiger partial charge < -0.3 is 4.90 Å². The van der Waals surface area contributed by atoms with E-state index in [4.69, 9.17) is 0 Å². The van der Waals surface area contributed by atoms with E-state index >= 15 is 0 Å². The number of nitrogens with zero attached hydrogens (tertiary/aromatic N) is 1. The van der Waals surface area contributed by atoms with Crippen molar-refractivity contribution in [3.05, 3.63) is 0 Å². The zero-order valence-electron chi connectivity index (χ0n) is 7.63. The van der Waals surface area contributed by atoms with Gasteiger partial charge in [-0.3, -0.25) is 14.9 Å². The molecule has 4 heteroatoms. The van der Waals surface area contributed by atoms with Crippen LogP contribution in [-0.4, -0.2) is 36.9 Å². The van der Waals surface area contributed by atoms with Gasteiger partial charge in [-0.25, -0.2) is 0 Å². The van der Waals surface area contributed by atoms with Crippen molar-refractivity contribution in [2.75, 3.05) is 14.1 Å². The molecule has 1 aliphatic rings. The summed E-state index contributed by atoms with van der Waals surface area (Å²) < 4.78 is 0. The first-order chi connectivity index (χ1) is 5.52. The summed E-state index contributed by atoms with van der Waals surface area (Å²) in [6, 6.07) is 0.0475. The summed E-state index contributed by atoms with van der Waals surface area (Å²) in [5.41, 5.74) is 0. The Balaban J connectivity index is 2.73. The Labute approximate surface area is 71.9 Å². The standard InChI is InChI=1S/C8H14N2O2/c1-5-6(10(2)3)4-7(11)9-8(5)12/h5-6H,4H2,1-3H3,(H,9,11,12). The van der Waals surface area contributed by atoms with Gasteiger partial charge >= 0.3 is 0 Å². The van der Waals surface area contributed by atoms with Crippen LogP contribution in [0.5, 0.6) is 0 Å². The summed E-state index contributed by atoms with van der Waals surface area (Å²) >= 11 is 0. The zero-order chi connectivity index (χ0) is 9.30. The Morgan fingerprint density at radius 1 is 1.42 bits per heavy atom. The van der Waals surface area contributed by atoms with E-state index in [0.717, 1.165) is 0 Å². The molecule has 1 saturated heterocycles. The largest absolute Gasteiger partial charge is 0.305 e. The van der Waals surface area contributed by atoms with Crippen molar-refractivity contribution >= 4 is 11.8 Å². The monoisotopic (exact) mass is 170 g/mol. The number of nitrogens with one attached hydrogen (secondary N) is 1. The number of piperidine rings is 1. The predicted molar refractivity (Wildman–Crippen MR) is 44.4 cm³/mol. The first-order valence-electron chi connectivity index (χ1n) is 4.02. The number of hydrogen-bond donors (Lipinski definition) is 1. The Morgan fingerprint density at radius 3 is 2.50 bits per heavy atom. The molecule has 0 spiro atoms. The van der Waals surface area contributed by atoms with Crippen LogP contribution in [0.2, 0.25) is 0 Å². The van der Waals surface area contributed by atoms with Gasteiger partial charge in [0.15, 0.2) is 0 Å². The van der Waals surface area contributed by atoms with E-state index in [1.807, 2.05) is 25.9 Å². The van der Waals surface area contributed by atoms with Crippen molar-refractivity contribution in [2.24, 2.45) is 5.92 Å². The number of carbonyl (C=O) groups excluding carboxylic acids is 2. The maximum absolute atomic E-state index is 11.2. The third kappa shape index (κ3) is 1.64. The van der Waals surface area contributed by atoms with Gasteiger partial charge in [0, 0.05) is 12.5 Å². The average Bonchev–Trinajstić information content (AvgIpc) is 1.96. The van der Waals surface area contributed by atoms with Crippen LogP contribution in [0, 0.1) is 5.92 Å². The number of amides is 2. The van der Waals surface area contributed by atoms with Gasteiger partial charge in [0.05, 0.1) is 5.92 Å². The summed E-state index contributed by atoms with van der Waals surface area (Å²) in [5.74, 6) is -0.431. The fourth-order valence-electron chi connectivity index (χ4n) is 1.47.